The van der Waals surface area contributed by atoms with Crippen LogP contribution in [-0.2, 0) is 4.79 Å². The largest absolute Gasteiger partial charge is 0.497 e. The highest BCUT2D eigenvalue weighted by molar-refractivity contribution is 8.18. The summed E-state index contributed by atoms with van der Waals surface area (Å²) in [5, 5.41) is -0.216. The molecule has 0 spiro atoms. The van der Waals surface area contributed by atoms with Gasteiger partial charge in [-0.05, 0) is 42.5 Å². The first kappa shape index (κ1) is 16.4. The van der Waals surface area contributed by atoms with Crippen molar-refractivity contribution in [2.45, 2.75) is 19.8 Å². The van der Waals surface area contributed by atoms with Crippen LogP contribution < -0.4 is 9.47 Å². The Hall–Kier alpha value is -1.95. The van der Waals surface area contributed by atoms with Crippen LogP contribution in [0, 0.1) is 0 Å². The maximum absolute atomic E-state index is 12.3. The fourth-order valence-electron chi connectivity index (χ4n) is 2.10. The molecule has 1 aliphatic heterocycles. The second-order valence-corrected chi connectivity index (χ2v) is 5.79. The quantitative estimate of drug-likeness (QED) is 0.750. The molecule has 118 valence electrons. The van der Waals surface area contributed by atoms with Gasteiger partial charge in [0.25, 0.3) is 11.1 Å². The lowest BCUT2D eigenvalue weighted by Crippen LogP contribution is -2.29. The van der Waals surface area contributed by atoms with E-state index in [1.54, 1.807) is 38.5 Å². The number of amides is 2. The Morgan fingerprint density at radius 2 is 2.00 bits per heavy atom. The average Bonchev–Trinajstić information content (AvgIpc) is 2.79. The molecule has 0 N–H and O–H groups in total. The third kappa shape index (κ3) is 3.44. The molecule has 0 aliphatic carbocycles. The third-order valence-electron chi connectivity index (χ3n) is 3.33. The number of carbonyl (C=O) groups is 2. The second-order valence-electron chi connectivity index (χ2n) is 4.79. The average molecular weight is 321 g/mol. The molecule has 2 rings (SSSR count). The topological polar surface area (TPSA) is 55.8 Å². The van der Waals surface area contributed by atoms with Crippen LogP contribution in [0.5, 0.6) is 11.5 Å². The number of benzene rings is 1. The van der Waals surface area contributed by atoms with Crippen molar-refractivity contribution in [3.63, 3.8) is 0 Å². The number of carbonyl (C=O) groups excluding carboxylic acids is 2. The van der Waals surface area contributed by atoms with Crippen molar-refractivity contribution in [2.75, 3.05) is 20.8 Å². The van der Waals surface area contributed by atoms with Crippen molar-refractivity contribution in [2.24, 2.45) is 0 Å². The monoisotopic (exact) mass is 321 g/mol. The molecule has 0 unspecified atom stereocenters. The Balaban J connectivity index is 2.30. The molecule has 6 heteroatoms. The summed E-state index contributed by atoms with van der Waals surface area (Å²) in [5.74, 6) is 1.05. The van der Waals surface area contributed by atoms with Gasteiger partial charge in [0.15, 0.2) is 0 Å². The van der Waals surface area contributed by atoms with Crippen LogP contribution >= 0.6 is 11.8 Å². The van der Waals surface area contributed by atoms with Gasteiger partial charge in [0.1, 0.15) is 11.5 Å². The number of rotatable bonds is 6. The summed E-state index contributed by atoms with van der Waals surface area (Å²) in [5.41, 5.74) is 0.711. The molecule has 1 saturated heterocycles. The Kier molecular flexibility index (Phi) is 5.49. The number of hydrogen-bond donors (Lipinski definition) is 0. The van der Waals surface area contributed by atoms with Crippen molar-refractivity contribution in [3.8, 4) is 11.5 Å². The Morgan fingerprint density at radius 1 is 1.23 bits per heavy atom. The lowest BCUT2D eigenvalue weighted by Gasteiger charge is -2.11. The number of nitrogens with zero attached hydrogens (tertiary/aromatic N) is 1. The number of methoxy groups -OCH3 is 2. The maximum atomic E-state index is 12.3. The standard InChI is InChI=1S/C16H19NO4S/c1-4-5-8-17-15(18)14(22-16(17)19)10-11-9-12(20-2)6-7-13(11)21-3/h6-7,9-10H,4-5,8H2,1-3H3. The Labute approximate surface area is 134 Å². The molecule has 0 atom stereocenters. The summed E-state index contributed by atoms with van der Waals surface area (Å²) >= 11 is 0.962. The zero-order chi connectivity index (χ0) is 16.1. The van der Waals surface area contributed by atoms with Gasteiger partial charge in [-0.2, -0.15) is 0 Å². The molecule has 22 heavy (non-hydrogen) atoms. The van der Waals surface area contributed by atoms with Crippen LogP contribution in [0.4, 0.5) is 4.79 Å². The highest BCUT2D eigenvalue weighted by atomic mass is 32.2. The zero-order valence-electron chi connectivity index (χ0n) is 12.9. The molecule has 2 amide bonds. The van der Waals surface area contributed by atoms with E-state index < -0.39 is 0 Å². The first-order valence-corrected chi connectivity index (χ1v) is 7.89. The SMILES string of the molecule is CCCCN1C(=O)SC(=Cc2cc(OC)ccc2OC)C1=O. The van der Waals surface area contributed by atoms with Gasteiger partial charge in [-0.25, -0.2) is 0 Å². The fraction of sp³-hybridized carbons (Fsp3) is 0.375. The van der Waals surface area contributed by atoms with Crippen LogP contribution in [0.25, 0.3) is 6.08 Å². The summed E-state index contributed by atoms with van der Waals surface area (Å²) in [4.78, 5) is 26.0. The predicted molar refractivity (Wildman–Crippen MR) is 87.1 cm³/mol. The van der Waals surface area contributed by atoms with Crippen LogP contribution in [0.3, 0.4) is 0 Å². The molecule has 0 radical (unpaired) electrons. The summed E-state index contributed by atoms with van der Waals surface area (Å²) in [6.07, 6.45) is 3.43. The van der Waals surface area contributed by atoms with Crippen LogP contribution in [0.2, 0.25) is 0 Å². The van der Waals surface area contributed by atoms with E-state index in [4.69, 9.17) is 9.47 Å². The van der Waals surface area contributed by atoms with Crippen molar-refractivity contribution in [1.82, 2.24) is 4.90 Å². The lowest BCUT2D eigenvalue weighted by molar-refractivity contribution is -0.122. The highest BCUT2D eigenvalue weighted by Gasteiger charge is 2.34. The van der Waals surface area contributed by atoms with Crippen LogP contribution in [-0.4, -0.2) is 36.8 Å². The Bertz CT molecular complexity index is 612. The van der Waals surface area contributed by atoms with E-state index in [1.165, 1.54) is 4.90 Å². The highest BCUT2D eigenvalue weighted by Crippen LogP contribution is 2.35. The van der Waals surface area contributed by atoms with Crippen molar-refractivity contribution in [3.05, 3.63) is 28.7 Å². The van der Waals surface area contributed by atoms with Crippen molar-refractivity contribution >= 4 is 29.0 Å². The minimum absolute atomic E-state index is 0.216. The molecule has 0 bridgehead atoms. The van der Waals surface area contributed by atoms with Gasteiger partial charge >= 0.3 is 0 Å². The number of ether oxygens (including phenoxy) is 2. The molecule has 1 aromatic carbocycles. The fourth-order valence-corrected chi connectivity index (χ4v) is 2.96. The molecule has 0 saturated carbocycles. The second kappa shape index (κ2) is 7.35. The van der Waals surface area contributed by atoms with Gasteiger partial charge < -0.3 is 9.47 Å². The molecule has 1 aliphatic rings. The number of hydrogen-bond acceptors (Lipinski definition) is 5. The Morgan fingerprint density at radius 3 is 2.64 bits per heavy atom. The van der Waals surface area contributed by atoms with E-state index >= 15 is 0 Å². The first-order valence-electron chi connectivity index (χ1n) is 7.08. The van der Waals surface area contributed by atoms with E-state index in [9.17, 15) is 9.59 Å². The molecule has 1 aromatic rings. The van der Waals surface area contributed by atoms with E-state index in [0.29, 0.717) is 28.5 Å². The summed E-state index contributed by atoms with van der Waals surface area (Å²) in [6, 6.07) is 5.33. The summed E-state index contributed by atoms with van der Waals surface area (Å²) < 4.78 is 10.5. The molecular weight excluding hydrogens is 302 g/mol. The van der Waals surface area contributed by atoms with Crippen molar-refractivity contribution in [1.29, 1.82) is 0 Å². The molecule has 1 heterocycles. The number of thioether (sulfide) groups is 1. The van der Waals surface area contributed by atoms with Crippen molar-refractivity contribution < 1.29 is 19.1 Å². The van der Waals surface area contributed by atoms with E-state index in [2.05, 4.69) is 0 Å². The third-order valence-corrected chi connectivity index (χ3v) is 4.24. The first-order chi connectivity index (χ1) is 10.6. The van der Waals surface area contributed by atoms with Crippen LogP contribution in [0.1, 0.15) is 25.3 Å². The minimum Gasteiger partial charge on any atom is -0.497 e. The van der Waals surface area contributed by atoms with E-state index in [1.807, 2.05) is 6.92 Å². The van der Waals surface area contributed by atoms with Crippen LogP contribution in [0.15, 0.2) is 23.1 Å². The van der Waals surface area contributed by atoms with Gasteiger partial charge in [0, 0.05) is 12.1 Å². The van der Waals surface area contributed by atoms with Gasteiger partial charge in [-0.1, -0.05) is 13.3 Å². The van der Waals surface area contributed by atoms with Gasteiger partial charge in [-0.15, -0.1) is 0 Å². The zero-order valence-corrected chi connectivity index (χ0v) is 13.7. The smallest absolute Gasteiger partial charge is 0.293 e. The van der Waals surface area contributed by atoms with Gasteiger partial charge in [0.2, 0.25) is 0 Å². The molecule has 5 nitrogen and oxygen atoms in total. The van der Waals surface area contributed by atoms with Gasteiger partial charge in [0.05, 0.1) is 19.1 Å². The number of imide groups is 1. The normalized spacial score (nSPS) is 16.5. The minimum atomic E-state index is -0.242. The predicted octanol–water partition coefficient (Wildman–Crippen LogP) is 3.54. The molecule has 1 fully saturated rings. The summed E-state index contributed by atoms with van der Waals surface area (Å²) in [6.45, 7) is 2.49. The number of unbranched alkanes of at least 4 members (excludes halogenated alkanes) is 1. The van der Waals surface area contributed by atoms with Gasteiger partial charge in [-0.3, -0.25) is 14.5 Å². The maximum Gasteiger partial charge on any atom is 0.293 e. The molecule has 0 aromatic heterocycles. The lowest BCUT2D eigenvalue weighted by atomic mass is 10.1. The summed E-state index contributed by atoms with van der Waals surface area (Å²) in [7, 11) is 3.14. The van der Waals surface area contributed by atoms with E-state index in [0.717, 1.165) is 24.6 Å². The van der Waals surface area contributed by atoms with E-state index in [-0.39, 0.29) is 11.1 Å². The molecular formula is C16H19NO4S.